The molecule has 0 atom stereocenters. The van der Waals surface area contributed by atoms with E-state index in [1.165, 1.54) is 17.3 Å². The molecule has 7 heteroatoms. The second-order valence-electron chi connectivity index (χ2n) is 6.03. The Kier molecular flexibility index (Phi) is 3.99. The van der Waals surface area contributed by atoms with Gasteiger partial charge in [-0.3, -0.25) is 0 Å². The van der Waals surface area contributed by atoms with Crippen LogP contribution in [0.4, 0.5) is 0 Å². The molecule has 27 heavy (non-hydrogen) atoms. The molecule has 1 N–H and O–H groups in total. The summed E-state index contributed by atoms with van der Waals surface area (Å²) >= 11 is 1.53. The van der Waals surface area contributed by atoms with E-state index >= 15 is 0 Å². The van der Waals surface area contributed by atoms with Crippen molar-refractivity contribution >= 4 is 22.7 Å². The Labute approximate surface area is 159 Å². The quantitative estimate of drug-likeness (QED) is 0.452. The van der Waals surface area contributed by atoms with E-state index in [-0.39, 0.29) is 0 Å². The van der Waals surface area contributed by atoms with Crippen LogP contribution < -0.4 is 0 Å². The maximum Gasteiger partial charge on any atom is 0.277 e. The van der Waals surface area contributed by atoms with E-state index < -0.39 is 0 Å². The first-order valence-electron chi connectivity index (χ1n) is 8.48. The second-order valence-corrected chi connectivity index (χ2v) is 6.95. The van der Waals surface area contributed by atoms with Crippen molar-refractivity contribution in [1.82, 2.24) is 25.0 Å². The number of hydrogen-bond donors (Lipinski definition) is 1. The van der Waals surface area contributed by atoms with Crippen molar-refractivity contribution in [1.29, 1.82) is 0 Å². The molecule has 0 spiro atoms. The maximum atomic E-state index is 5.85. The third kappa shape index (κ3) is 3.13. The number of H-pyrrole nitrogens is 1. The Hall–Kier alpha value is -3.32. The van der Waals surface area contributed by atoms with E-state index in [1.807, 2.05) is 59.5 Å². The van der Waals surface area contributed by atoms with Crippen LogP contribution in [0.15, 0.2) is 82.8 Å². The van der Waals surface area contributed by atoms with Crippen LogP contribution in [-0.4, -0.2) is 25.0 Å². The van der Waals surface area contributed by atoms with Gasteiger partial charge in [0.1, 0.15) is 0 Å². The zero-order chi connectivity index (χ0) is 18.1. The Bertz CT molecular complexity index is 1170. The summed E-state index contributed by atoms with van der Waals surface area (Å²) in [5.41, 5.74) is 4.20. The lowest BCUT2D eigenvalue weighted by Crippen LogP contribution is -1.93. The first-order chi connectivity index (χ1) is 13.4. The molecule has 0 aliphatic carbocycles. The highest BCUT2D eigenvalue weighted by Gasteiger charge is 2.13. The topological polar surface area (TPSA) is 72.5 Å². The lowest BCUT2D eigenvalue weighted by molar-refractivity contribution is 0.466. The minimum Gasteiger partial charge on any atom is -0.411 e. The van der Waals surface area contributed by atoms with Gasteiger partial charge in [0.25, 0.3) is 11.1 Å². The van der Waals surface area contributed by atoms with Crippen LogP contribution in [0.25, 0.3) is 28.0 Å². The smallest absolute Gasteiger partial charge is 0.277 e. The van der Waals surface area contributed by atoms with E-state index in [0.29, 0.717) is 11.1 Å². The highest BCUT2D eigenvalue weighted by atomic mass is 32.2. The lowest BCUT2D eigenvalue weighted by Gasteiger charge is -2.03. The first-order valence-corrected chi connectivity index (χ1v) is 9.47. The largest absolute Gasteiger partial charge is 0.411 e. The molecule has 5 rings (SSSR count). The van der Waals surface area contributed by atoms with Crippen LogP contribution in [0, 0.1) is 0 Å². The number of nitrogens with zero attached hydrogens (tertiary/aromatic N) is 4. The predicted octanol–water partition coefficient (Wildman–Crippen LogP) is 4.70. The summed E-state index contributed by atoms with van der Waals surface area (Å²) in [6.45, 7) is 0. The zero-order valence-electron chi connectivity index (χ0n) is 14.2. The molecule has 0 saturated heterocycles. The first kappa shape index (κ1) is 15.9. The van der Waals surface area contributed by atoms with E-state index in [1.54, 1.807) is 6.20 Å². The average Bonchev–Trinajstić information content (AvgIpc) is 3.46. The fourth-order valence-electron chi connectivity index (χ4n) is 2.94. The van der Waals surface area contributed by atoms with Gasteiger partial charge >= 0.3 is 0 Å². The highest BCUT2D eigenvalue weighted by molar-refractivity contribution is 7.98. The molecule has 0 aliphatic heterocycles. The van der Waals surface area contributed by atoms with Crippen LogP contribution in [0.3, 0.4) is 0 Å². The molecule has 3 aromatic heterocycles. The normalized spacial score (nSPS) is 11.3. The number of benzene rings is 2. The number of rotatable bonds is 5. The van der Waals surface area contributed by atoms with E-state index in [9.17, 15) is 0 Å². The van der Waals surface area contributed by atoms with Gasteiger partial charge in [-0.1, -0.05) is 42.1 Å². The van der Waals surface area contributed by atoms with Crippen LogP contribution in [0.1, 0.15) is 5.56 Å². The maximum absolute atomic E-state index is 5.85. The summed E-state index contributed by atoms with van der Waals surface area (Å²) in [5, 5.41) is 14.2. The van der Waals surface area contributed by atoms with Crippen molar-refractivity contribution in [2.75, 3.05) is 0 Å². The predicted molar refractivity (Wildman–Crippen MR) is 105 cm³/mol. The number of nitrogens with one attached hydrogen (secondary N) is 1. The average molecular weight is 373 g/mol. The molecule has 3 heterocycles. The summed E-state index contributed by atoms with van der Waals surface area (Å²) in [7, 11) is 0. The minimum absolute atomic E-state index is 0.531. The molecule has 132 valence electrons. The molecule has 0 bridgehead atoms. The number of hydrogen-bond acceptors (Lipinski definition) is 5. The monoisotopic (exact) mass is 373 g/mol. The van der Waals surface area contributed by atoms with Crippen LogP contribution in [0.2, 0.25) is 0 Å². The third-order valence-electron chi connectivity index (χ3n) is 4.29. The Morgan fingerprint density at radius 1 is 1.00 bits per heavy atom. The lowest BCUT2D eigenvalue weighted by atomic mass is 10.2. The number of para-hydroxylation sites is 1. The molecule has 0 unspecified atom stereocenters. The fraction of sp³-hybridized carbons (Fsp3) is 0.0500. The van der Waals surface area contributed by atoms with Gasteiger partial charge < -0.3 is 9.40 Å². The summed E-state index contributed by atoms with van der Waals surface area (Å²) < 4.78 is 7.68. The van der Waals surface area contributed by atoms with Crippen molar-refractivity contribution in [3.63, 3.8) is 0 Å². The summed E-state index contributed by atoms with van der Waals surface area (Å²) in [6, 6.07) is 18.2. The van der Waals surface area contributed by atoms with Crippen LogP contribution >= 0.6 is 11.8 Å². The molecule has 0 amide bonds. The number of aromatic nitrogens is 5. The molecule has 6 nitrogen and oxygen atoms in total. The summed E-state index contributed by atoms with van der Waals surface area (Å²) in [5.74, 6) is 1.29. The van der Waals surface area contributed by atoms with Crippen molar-refractivity contribution in [3.05, 3.63) is 78.8 Å². The van der Waals surface area contributed by atoms with Gasteiger partial charge in [-0.25, -0.2) is 4.68 Å². The van der Waals surface area contributed by atoms with Gasteiger partial charge in [-0.15, -0.1) is 10.2 Å². The van der Waals surface area contributed by atoms with Gasteiger partial charge in [-0.2, -0.15) is 5.10 Å². The number of fused-ring (bicyclic) bond motifs is 1. The molecule has 0 radical (unpaired) electrons. The van der Waals surface area contributed by atoms with Crippen molar-refractivity contribution < 1.29 is 4.42 Å². The van der Waals surface area contributed by atoms with Crippen molar-refractivity contribution in [3.8, 4) is 17.1 Å². The van der Waals surface area contributed by atoms with Crippen molar-refractivity contribution in [2.24, 2.45) is 0 Å². The van der Waals surface area contributed by atoms with E-state index in [0.717, 1.165) is 27.9 Å². The van der Waals surface area contributed by atoms with Gasteiger partial charge in [-0.05, 0) is 29.8 Å². The number of aromatic amines is 1. The molecule has 0 fully saturated rings. The number of thioether (sulfide) groups is 1. The fourth-order valence-corrected chi connectivity index (χ4v) is 3.66. The second kappa shape index (κ2) is 6.77. The van der Waals surface area contributed by atoms with E-state index in [2.05, 4.69) is 32.4 Å². The Morgan fingerprint density at radius 3 is 2.74 bits per heavy atom. The Balaban J connectivity index is 1.30. The molecule has 2 aromatic carbocycles. The summed E-state index contributed by atoms with van der Waals surface area (Å²) in [6.07, 6.45) is 5.60. The molecular formula is C20H15N5OS. The molecule has 0 aliphatic rings. The Morgan fingerprint density at radius 2 is 1.89 bits per heavy atom. The SMILES string of the molecule is c1ccc2c(-c3nnc(SCc4ccc(-n5cccn5)cc4)o3)c[nH]c2c1. The molecular weight excluding hydrogens is 358 g/mol. The molecule has 5 aromatic rings. The van der Waals surface area contributed by atoms with Gasteiger partial charge in [0.15, 0.2) is 0 Å². The zero-order valence-corrected chi connectivity index (χ0v) is 15.1. The van der Waals surface area contributed by atoms with Gasteiger partial charge in [0.2, 0.25) is 0 Å². The van der Waals surface area contributed by atoms with Gasteiger partial charge in [0, 0.05) is 35.2 Å². The van der Waals surface area contributed by atoms with E-state index in [4.69, 9.17) is 4.42 Å². The van der Waals surface area contributed by atoms with Gasteiger partial charge in [0.05, 0.1) is 11.3 Å². The third-order valence-corrected chi connectivity index (χ3v) is 5.18. The standard InChI is InChI=1S/C20H15N5OS/c1-2-5-18-16(4-1)17(12-21-18)19-23-24-20(26-19)27-13-14-6-8-15(9-7-14)25-11-3-10-22-25/h1-12,21H,13H2. The van der Waals surface area contributed by atoms with Crippen LogP contribution in [0.5, 0.6) is 0 Å². The van der Waals surface area contributed by atoms with Crippen LogP contribution in [-0.2, 0) is 5.75 Å². The van der Waals surface area contributed by atoms with Crippen molar-refractivity contribution in [2.45, 2.75) is 11.0 Å². The summed E-state index contributed by atoms with van der Waals surface area (Å²) in [4.78, 5) is 3.23. The minimum atomic E-state index is 0.531. The molecule has 0 saturated carbocycles. The highest BCUT2D eigenvalue weighted by Crippen LogP contribution is 2.30.